The summed E-state index contributed by atoms with van der Waals surface area (Å²) in [4.78, 5) is 7.85. The van der Waals surface area contributed by atoms with Crippen molar-refractivity contribution in [2.75, 3.05) is 6.54 Å². The van der Waals surface area contributed by atoms with Crippen LogP contribution in [0.25, 0.3) is 12.2 Å². The molecule has 4 nitrogen and oxygen atoms in total. The fourth-order valence-electron chi connectivity index (χ4n) is 3.10. The van der Waals surface area contributed by atoms with Gasteiger partial charge in [0.1, 0.15) is 6.17 Å². The van der Waals surface area contributed by atoms with Crippen LogP contribution in [0.2, 0.25) is 0 Å². The van der Waals surface area contributed by atoms with Gasteiger partial charge in [0.15, 0.2) is 5.84 Å². The smallest absolute Gasteiger partial charge is 0.221 e. The highest BCUT2D eigenvalue weighted by Gasteiger charge is 2.35. The van der Waals surface area contributed by atoms with Gasteiger partial charge in [-0.25, -0.2) is 0 Å². The highest BCUT2D eigenvalue weighted by molar-refractivity contribution is 5.85. The first-order valence-electron chi connectivity index (χ1n) is 8.61. The third-order valence-corrected chi connectivity index (χ3v) is 4.36. The number of hydrogen-bond acceptors (Lipinski definition) is 4. The average Bonchev–Trinajstić information content (AvgIpc) is 3.10. The predicted octanol–water partition coefficient (Wildman–Crippen LogP) is 3.70. The van der Waals surface area contributed by atoms with E-state index in [9.17, 15) is 0 Å². The topological polar surface area (TPSA) is 36.9 Å². The van der Waals surface area contributed by atoms with Crippen LogP contribution < -0.4 is 5.32 Å². The summed E-state index contributed by atoms with van der Waals surface area (Å²) < 4.78 is 0. The van der Waals surface area contributed by atoms with E-state index in [1.165, 1.54) is 5.56 Å². The lowest BCUT2D eigenvalue weighted by molar-refractivity contribution is 0.0305. The van der Waals surface area contributed by atoms with Crippen molar-refractivity contribution in [1.29, 1.82) is 0 Å². The summed E-state index contributed by atoms with van der Waals surface area (Å²) in [5.41, 5.74) is 2.34. The van der Waals surface area contributed by atoms with Gasteiger partial charge in [0, 0.05) is 13.0 Å². The van der Waals surface area contributed by atoms with Gasteiger partial charge in [0.25, 0.3) is 0 Å². The second-order valence-corrected chi connectivity index (χ2v) is 6.10. The Hall–Kier alpha value is -2.85. The molecule has 0 unspecified atom stereocenters. The Morgan fingerprint density at radius 2 is 1.56 bits per heavy atom. The maximum Gasteiger partial charge on any atom is 0.221 e. The molecule has 0 aromatic heterocycles. The second kappa shape index (κ2) is 7.36. The minimum atomic E-state index is -0.187. The minimum absolute atomic E-state index is 0.0700. The Bertz CT molecular complexity index is 783. The molecular formula is C21H21N3O. The van der Waals surface area contributed by atoms with E-state index in [1.807, 2.05) is 36.4 Å². The molecule has 2 aromatic rings. The van der Waals surface area contributed by atoms with E-state index >= 15 is 0 Å². The molecule has 0 radical (unpaired) electrons. The van der Waals surface area contributed by atoms with Crippen LogP contribution in [0.5, 0.6) is 0 Å². The summed E-state index contributed by atoms with van der Waals surface area (Å²) in [6.45, 7) is 0.900. The van der Waals surface area contributed by atoms with Crippen LogP contribution in [-0.4, -0.2) is 29.7 Å². The van der Waals surface area contributed by atoms with E-state index in [0.29, 0.717) is 0 Å². The van der Waals surface area contributed by atoms with Crippen LogP contribution in [0.4, 0.5) is 0 Å². The maximum absolute atomic E-state index is 5.66. The third-order valence-electron chi connectivity index (χ3n) is 4.36. The molecule has 4 rings (SSSR count). The van der Waals surface area contributed by atoms with Crippen molar-refractivity contribution in [3.8, 4) is 0 Å². The van der Waals surface area contributed by atoms with Gasteiger partial charge in [0.05, 0.1) is 0 Å². The lowest BCUT2D eigenvalue weighted by Gasteiger charge is -2.34. The van der Waals surface area contributed by atoms with E-state index < -0.39 is 0 Å². The van der Waals surface area contributed by atoms with Gasteiger partial charge >= 0.3 is 0 Å². The molecule has 2 aromatic carbocycles. The molecule has 0 amide bonds. The standard InChI is InChI=1S/C21H21N3O/c1-3-7-17(8-4-1)11-13-19-22-16-15-20-23-25-21(24(19)20)14-12-18-9-5-2-6-10-18/h1-14,19,21-22H,15-16H2/b13-11+,14-12+/t19-,21-/m0/s1. The van der Waals surface area contributed by atoms with E-state index in [4.69, 9.17) is 4.84 Å². The van der Waals surface area contributed by atoms with Crippen molar-refractivity contribution in [2.24, 2.45) is 5.16 Å². The summed E-state index contributed by atoms with van der Waals surface area (Å²) in [6.07, 6.45) is 9.21. The molecule has 0 spiro atoms. The monoisotopic (exact) mass is 331 g/mol. The van der Waals surface area contributed by atoms with Crippen LogP contribution in [0, 0.1) is 0 Å². The molecule has 1 saturated heterocycles. The van der Waals surface area contributed by atoms with E-state index in [1.54, 1.807) is 0 Å². The minimum Gasteiger partial charge on any atom is -0.364 e. The van der Waals surface area contributed by atoms with Crippen LogP contribution in [-0.2, 0) is 4.84 Å². The average molecular weight is 331 g/mol. The van der Waals surface area contributed by atoms with Crippen molar-refractivity contribution < 1.29 is 4.84 Å². The summed E-state index contributed by atoms with van der Waals surface area (Å²) in [7, 11) is 0. The van der Waals surface area contributed by atoms with Crippen LogP contribution >= 0.6 is 0 Å². The molecule has 2 atom stereocenters. The first-order chi connectivity index (χ1) is 12.4. The first-order valence-corrected chi connectivity index (χ1v) is 8.61. The second-order valence-electron chi connectivity index (χ2n) is 6.10. The quantitative estimate of drug-likeness (QED) is 0.928. The van der Waals surface area contributed by atoms with Crippen molar-refractivity contribution in [1.82, 2.24) is 10.2 Å². The zero-order valence-electron chi connectivity index (χ0n) is 14.0. The third kappa shape index (κ3) is 3.64. The molecule has 0 bridgehead atoms. The van der Waals surface area contributed by atoms with Crippen molar-refractivity contribution >= 4 is 18.0 Å². The first kappa shape index (κ1) is 15.7. The predicted molar refractivity (Wildman–Crippen MR) is 102 cm³/mol. The SMILES string of the molecule is C(=C\[C@@H]1ON=C2CCN[C@H](/C=C/c3ccccc3)N21)/c1ccccc1. The Kier molecular flexibility index (Phi) is 4.61. The van der Waals surface area contributed by atoms with Crippen molar-refractivity contribution in [2.45, 2.75) is 18.8 Å². The fourth-order valence-corrected chi connectivity index (χ4v) is 3.10. The molecule has 4 heteroatoms. The number of benzene rings is 2. The van der Waals surface area contributed by atoms with E-state index in [-0.39, 0.29) is 12.4 Å². The number of rotatable bonds is 4. The lowest BCUT2D eigenvalue weighted by atomic mass is 10.1. The van der Waals surface area contributed by atoms with E-state index in [2.05, 4.69) is 63.9 Å². The Morgan fingerprint density at radius 3 is 2.24 bits per heavy atom. The van der Waals surface area contributed by atoms with Crippen molar-refractivity contribution in [3.63, 3.8) is 0 Å². The number of amidine groups is 1. The summed E-state index contributed by atoms with van der Waals surface area (Å²) in [6, 6.07) is 20.6. The number of hydrogen-bond donors (Lipinski definition) is 1. The van der Waals surface area contributed by atoms with E-state index in [0.717, 1.165) is 24.4 Å². The molecule has 1 N–H and O–H groups in total. The Morgan fingerprint density at radius 1 is 0.920 bits per heavy atom. The zero-order chi connectivity index (χ0) is 16.9. The molecule has 0 aliphatic carbocycles. The number of nitrogens with zero attached hydrogens (tertiary/aromatic N) is 2. The van der Waals surface area contributed by atoms with Gasteiger partial charge in [-0.15, -0.1) is 0 Å². The van der Waals surface area contributed by atoms with Crippen LogP contribution in [0.3, 0.4) is 0 Å². The molecular weight excluding hydrogens is 310 g/mol. The van der Waals surface area contributed by atoms with Gasteiger partial charge < -0.3 is 4.84 Å². The highest BCUT2D eigenvalue weighted by Crippen LogP contribution is 2.23. The lowest BCUT2D eigenvalue weighted by Crippen LogP contribution is -2.54. The molecule has 1 fully saturated rings. The Labute approximate surface area is 148 Å². The normalized spacial score (nSPS) is 22.9. The zero-order valence-corrected chi connectivity index (χ0v) is 14.0. The summed E-state index contributed by atoms with van der Waals surface area (Å²) in [5, 5.41) is 7.81. The largest absolute Gasteiger partial charge is 0.364 e. The van der Waals surface area contributed by atoms with Gasteiger partial charge in [-0.1, -0.05) is 78.0 Å². The van der Waals surface area contributed by atoms with Crippen molar-refractivity contribution in [3.05, 3.63) is 83.9 Å². The van der Waals surface area contributed by atoms with Gasteiger partial charge in [0.2, 0.25) is 6.23 Å². The molecule has 2 aliphatic heterocycles. The summed E-state index contributed by atoms with van der Waals surface area (Å²) >= 11 is 0. The van der Waals surface area contributed by atoms with Gasteiger partial charge in [-0.05, 0) is 23.3 Å². The number of fused-ring (bicyclic) bond motifs is 1. The molecule has 2 heterocycles. The summed E-state index contributed by atoms with van der Waals surface area (Å²) in [5.74, 6) is 1.00. The molecule has 126 valence electrons. The fraction of sp³-hybridized carbons (Fsp3) is 0.190. The number of oxime groups is 1. The molecule has 25 heavy (non-hydrogen) atoms. The van der Waals surface area contributed by atoms with Gasteiger partial charge in [-0.2, -0.15) is 0 Å². The molecule has 0 saturated carbocycles. The van der Waals surface area contributed by atoms with Crippen LogP contribution in [0.15, 0.2) is 78.0 Å². The Balaban J connectivity index is 1.51. The molecule has 2 aliphatic rings. The highest BCUT2D eigenvalue weighted by atomic mass is 16.7. The van der Waals surface area contributed by atoms with Gasteiger partial charge in [-0.3, -0.25) is 10.2 Å². The maximum atomic E-state index is 5.66. The number of nitrogens with one attached hydrogen (secondary N) is 1. The van der Waals surface area contributed by atoms with Crippen LogP contribution in [0.1, 0.15) is 17.5 Å².